The number of rotatable bonds is 3. The summed E-state index contributed by atoms with van der Waals surface area (Å²) in [7, 11) is 0. The number of aromatic nitrogens is 2. The average molecular weight is 251 g/mol. The number of nitrogen functional groups attached to an aromatic ring is 1. The number of thiophene rings is 1. The number of aliphatic carboxylic acids is 1. The summed E-state index contributed by atoms with van der Waals surface area (Å²) >= 11 is 1.41. The zero-order valence-corrected chi connectivity index (χ0v) is 9.45. The molecule has 0 fully saturated rings. The van der Waals surface area contributed by atoms with Crippen LogP contribution in [0, 0.1) is 0 Å². The van der Waals surface area contributed by atoms with Gasteiger partial charge in [0.2, 0.25) is 0 Å². The molecule has 88 valence electrons. The van der Waals surface area contributed by atoms with Crippen LogP contribution in [0.4, 0.5) is 5.82 Å². The Bertz CT molecular complexity index is 604. The molecule has 17 heavy (non-hydrogen) atoms. The lowest BCUT2D eigenvalue weighted by molar-refractivity contribution is -0.136. The highest BCUT2D eigenvalue weighted by atomic mass is 32.1. The fourth-order valence-corrected chi connectivity index (χ4v) is 2.04. The molecule has 0 saturated carbocycles. The second kappa shape index (κ2) is 4.38. The molecule has 0 unspecified atom stereocenters. The van der Waals surface area contributed by atoms with Crippen LogP contribution >= 0.6 is 11.3 Å². The van der Waals surface area contributed by atoms with Gasteiger partial charge in [-0.25, -0.2) is 4.98 Å². The number of hydrogen-bond acceptors (Lipinski definition) is 5. The summed E-state index contributed by atoms with van der Waals surface area (Å²) in [4.78, 5) is 29.5. The fraction of sp³-hybridized carbons (Fsp3) is 0.100. The van der Waals surface area contributed by atoms with Crippen molar-refractivity contribution in [2.45, 2.75) is 6.42 Å². The van der Waals surface area contributed by atoms with E-state index in [0.29, 0.717) is 5.82 Å². The Morgan fingerprint density at radius 1 is 1.59 bits per heavy atom. The second-order valence-electron chi connectivity index (χ2n) is 3.33. The third-order valence-corrected chi connectivity index (χ3v) is 3.01. The van der Waals surface area contributed by atoms with Gasteiger partial charge >= 0.3 is 5.97 Å². The van der Waals surface area contributed by atoms with Crippen LogP contribution in [0.3, 0.4) is 0 Å². The van der Waals surface area contributed by atoms with Crippen molar-refractivity contribution < 1.29 is 9.90 Å². The monoisotopic (exact) mass is 251 g/mol. The zero-order valence-electron chi connectivity index (χ0n) is 8.64. The number of nitrogens with one attached hydrogen (secondary N) is 1. The van der Waals surface area contributed by atoms with Gasteiger partial charge in [0, 0.05) is 0 Å². The molecular weight excluding hydrogens is 242 g/mol. The van der Waals surface area contributed by atoms with Gasteiger partial charge in [0.25, 0.3) is 5.56 Å². The van der Waals surface area contributed by atoms with Gasteiger partial charge < -0.3 is 15.8 Å². The molecule has 0 atom stereocenters. The third kappa shape index (κ3) is 2.34. The van der Waals surface area contributed by atoms with E-state index in [9.17, 15) is 9.59 Å². The first-order valence-electron chi connectivity index (χ1n) is 4.72. The topological polar surface area (TPSA) is 109 Å². The van der Waals surface area contributed by atoms with Gasteiger partial charge in [-0.1, -0.05) is 6.07 Å². The molecule has 0 radical (unpaired) electrons. The number of nitrogens with zero attached hydrogens (tertiary/aromatic N) is 1. The van der Waals surface area contributed by atoms with Crippen molar-refractivity contribution in [3.63, 3.8) is 0 Å². The first-order valence-corrected chi connectivity index (χ1v) is 5.60. The number of aromatic amines is 1. The van der Waals surface area contributed by atoms with Crippen LogP contribution in [-0.4, -0.2) is 21.0 Å². The molecule has 0 aliphatic rings. The maximum absolute atomic E-state index is 11.7. The molecule has 4 N–H and O–H groups in total. The number of carboxylic acids is 1. The first-order chi connectivity index (χ1) is 8.08. The zero-order chi connectivity index (χ0) is 12.4. The van der Waals surface area contributed by atoms with E-state index in [4.69, 9.17) is 10.8 Å². The Labute approximate surface area is 99.8 Å². The van der Waals surface area contributed by atoms with Crippen molar-refractivity contribution in [2.75, 3.05) is 5.73 Å². The number of hydrogen-bond donors (Lipinski definition) is 3. The summed E-state index contributed by atoms with van der Waals surface area (Å²) < 4.78 is 0. The van der Waals surface area contributed by atoms with E-state index < -0.39 is 17.9 Å². The average Bonchev–Trinajstić information content (AvgIpc) is 2.76. The highest BCUT2D eigenvalue weighted by Gasteiger charge is 2.13. The van der Waals surface area contributed by atoms with Crippen molar-refractivity contribution in [3.05, 3.63) is 33.4 Å². The molecule has 0 amide bonds. The molecule has 0 aliphatic heterocycles. The van der Waals surface area contributed by atoms with E-state index in [1.165, 1.54) is 11.3 Å². The number of carbonyl (C=O) groups is 1. The summed E-state index contributed by atoms with van der Waals surface area (Å²) in [5.74, 6) is -0.802. The molecule has 6 nitrogen and oxygen atoms in total. The molecule has 0 bridgehead atoms. The predicted octanol–water partition coefficient (Wildman–Crippen LogP) is 0.708. The fourth-order valence-electron chi connectivity index (χ4n) is 1.37. The molecule has 2 aromatic rings. The van der Waals surface area contributed by atoms with Crippen LogP contribution in [0.5, 0.6) is 0 Å². The van der Waals surface area contributed by atoms with Gasteiger partial charge in [-0.3, -0.25) is 9.59 Å². The van der Waals surface area contributed by atoms with E-state index in [1.807, 2.05) is 11.4 Å². The highest BCUT2D eigenvalue weighted by molar-refractivity contribution is 7.13. The van der Waals surface area contributed by atoms with Gasteiger partial charge in [0.15, 0.2) is 5.82 Å². The Balaban J connectivity index is 2.49. The van der Waals surface area contributed by atoms with Crippen molar-refractivity contribution >= 4 is 23.1 Å². The van der Waals surface area contributed by atoms with E-state index in [-0.39, 0.29) is 11.4 Å². The maximum atomic E-state index is 11.7. The molecule has 2 aromatic heterocycles. The first kappa shape index (κ1) is 11.3. The smallest absolute Gasteiger partial charge is 0.308 e. The molecular formula is C10H9N3O3S. The molecule has 2 rings (SSSR count). The molecule has 0 aliphatic carbocycles. The summed E-state index contributed by atoms with van der Waals surface area (Å²) in [6.07, 6.45) is -0.432. The largest absolute Gasteiger partial charge is 0.481 e. The number of nitrogens with two attached hydrogens (primary N) is 1. The van der Waals surface area contributed by atoms with Gasteiger partial charge in [-0.2, -0.15) is 0 Å². The number of H-pyrrole nitrogens is 1. The maximum Gasteiger partial charge on any atom is 0.308 e. The van der Waals surface area contributed by atoms with Gasteiger partial charge in [-0.15, -0.1) is 11.3 Å². The Morgan fingerprint density at radius 2 is 2.35 bits per heavy atom. The minimum atomic E-state index is -1.12. The van der Waals surface area contributed by atoms with Gasteiger partial charge in [-0.05, 0) is 11.4 Å². The highest BCUT2D eigenvalue weighted by Crippen LogP contribution is 2.21. The SMILES string of the molecule is Nc1nc(-c2cccs2)[nH]c(=O)c1CC(=O)O. The van der Waals surface area contributed by atoms with E-state index in [1.54, 1.807) is 6.07 Å². The van der Waals surface area contributed by atoms with E-state index in [0.717, 1.165) is 4.88 Å². The molecule has 0 aromatic carbocycles. The molecule has 0 saturated heterocycles. The minimum absolute atomic E-state index is 0.0159. The Morgan fingerprint density at radius 3 is 2.88 bits per heavy atom. The van der Waals surface area contributed by atoms with Crippen LogP contribution in [0.25, 0.3) is 10.7 Å². The van der Waals surface area contributed by atoms with Crippen LogP contribution in [0.2, 0.25) is 0 Å². The van der Waals surface area contributed by atoms with Gasteiger partial charge in [0.1, 0.15) is 5.82 Å². The predicted molar refractivity (Wildman–Crippen MR) is 63.9 cm³/mol. The summed E-state index contributed by atoms with van der Waals surface area (Å²) in [6.45, 7) is 0. The van der Waals surface area contributed by atoms with Crippen LogP contribution < -0.4 is 11.3 Å². The van der Waals surface area contributed by atoms with Crippen LogP contribution in [0.15, 0.2) is 22.3 Å². The summed E-state index contributed by atoms with van der Waals surface area (Å²) in [5.41, 5.74) is 5.06. The summed E-state index contributed by atoms with van der Waals surface area (Å²) in [6, 6.07) is 3.61. The standard InChI is InChI=1S/C10H9N3O3S/c11-8-5(4-7(14)15)10(16)13-9(12-8)6-2-1-3-17-6/h1-3H,4H2,(H,14,15)(H3,11,12,13,16). The van der Waals surface area contributed by atoms with Crippen LogP contribution in [0.1, 0.15) is 5.56 Å². The minimum Gasteiger partial charge on any atom is -0.481 e. The molecule has 2 heterocycles. The number of carboxylic acid groups (broad SMARTS) is 1. The lowest BCUT2D eigenvalue weighted by atomic mass is 10.2. The second-order valence-corrected chi connectivity index (χ2v) is 4.27. The lowest BCUT2D eigenvalue weighted by Crippen LogP contribution is -2.20. The normalized spacial score (nSPS) is 10.4. The molecule has 0 spiro atoms. The summed E-state index contributed by atoms with van der Waals surface area (Å²) in [5, 5.41) is 10.5. The van der Waals surface area contributed by atoms with Crippen molar-refractivity contribution in [1.82, 2.24) is 9.97 Å². The van der Waals surface area contributed by atoms with Crippen molar-refractivity contribution in [3.8, 4) is 10.7 Å². The van der Waals surface area contributed by atoms with Crippen molar-refractivity contribution in [1.29, 1.82) is 0 Å². The lowest BCUT2D eigenvalue weighted by Gasteiger charge is -2.03. The number of anilines is 1. The Hall–Kier alpha value is -2.15. The van der Waals surface area contributed by atoms with E-state index in [2.05, 4.69) is 9.97 Å². The van der Waals surface area contributed by atoms with Crippen molar-refractivity contribution in [2.24, 2.45) is 0 Å². The Kier molecular flexibility index (Phi) is 2.92. The molecule has 7 heteroatoms. The third-order valence-electron chi connectivity index (χ3n) is 2.13. The van der Waals surface area contributed by atoms with E-state index >= 15 is 0 Å². The quantitative estimate of drug-likeness (QED) is 0.744. The van der Waals surface area contributed by atoms with Gasteiger partial charge in [0.05, 0.1) is 16.9 Å². The van der Waals surface area contributed by atoms with Crippen LogP contribution in [-0.2, 0) is 11.2 Å².